The van der Waals surface area contributed by atoms with Gasteiger partial charge in [0.15, 0.2) is 10.2 Å². The van der Waals surface area contributed by atoms with Gasteiger partial charge in [-0.15, -0.1) is 0 Å². The molecule has 0 spiro atoms. The lowest BCUT2D eigenvalue weighted by molar-refractivity contribution is -0.120. The van der Waals surface area contributed by atoms with E-state index in [4.69, 9.17) is 11.6 Å². The normalized spacial score (nSPS) is 18.4. The van der Waals surface area contributed by atoms with Gasteiger partial charge in [-0.25, -0.2) is 18.4 Å². The minimum Gasteiger partial charge on any atom is -0.339 e. The monoisotopic (exact) mass is 439 g/mol. The molecule has 1 saturated heterocycles. The van der Waals surface area contributed by atoms with Crippen molar-refractivity contribution in [1.29, 1.82) is 0 Å². The fraction of sp³-hybridized carbons (Fsp3) is 0.353. The lowest BCUT2D eigenvalue weighted by atomic mass is 9.99. The molecule has 1 aliphatic heterocycles. The van der Waals surface area contributed by atoms with Crippen LogP contribution in [0.4, 0.5) is 5.13 Å². The summed E-state index contributed by atoms with van der Waals surface area (Å²) in [6.07, 6.45) is 4.14. The van der Waals surface area contributed by atoms with E-state index in [1.54, 1.807) is 29.8 Å². The van der Waals surface area contributed by atoms with E-state index in [0.717, 1.165) is 10.2 Å². The summed E-state index contributed by atoms with van der Waals surface area (Å²) in [5.74, 6) is -0.672. The molecular weight excluding hydrogens is 422 g/mol. The molecule has 3 heterocycles. The molecule has 148 valence electrons. The van der Waals surface area contributed by atoms with Gasteiger partial charge in [0.05, 0.1) is 22.5 Å². The Morgan fingerprint density at radius 2 is 2.21 bits per heavy atom. The molecule has 0 bridgehead atoms. The number of amides is 1. The minimum atomic E-state index is -3.71. The van der Waals surface area contributed by atoms with E-state index >= 15 is 0 Å². The average molecular weight is 440 g/mol. The first-order chi connectivity index (χ1) is 13.3. The first-order valence-electron chi connectivity index (χ1n) is 8.68. The van der Waals surface area contributed by atoms with Crippen LogP contribution in [0.5, 0.6) is 0 Å². The van der Waals surface area contributed by atoms with Crippen LogP contribution in [-0.2, 0) is 21.9 Å². The lowest BCUT2D eigenvalue weighted by Gasteiger charge is -2.30. The fourth-order valence-corrected chi connectivity index (χ4v) is 5.82. The molecule has 3 aromatic rings. The molecule has 1 unspecified atom stereocenters. The number of carbonyl (C=O) groups excluding carboxylic acids is 1. The molecule has 11 heteroatoms. The number of anilines is 1. The molecule has 2 aromatic heterocycles. The predicted octanol–water partition coefficient (Wildman–Crippen LogP) is 2.72. The smallest absolute Gasteiger partial charge is 0.262 e. The van der Waals surface area contributed by atoms with Crippen LogP contribution in [0.25, 0.3) is 10.2 Å². The van der Waals surface area contributed by atoms with E-state index in [0.29, 0.717) is 29.5 Å². The topological polar surface area (TPSA) is 97.2 Å². The van der Waals surface area contributed by atoms with Crippen molar-refractivity contribution in [3.05, 3.63) is 35.7 Å². The summed E-state index contributed by atoms with van der Waals surface area (Å²) < 4.78 is 29.3. The molecule has 1 atom stereocenters. The van der Waals surface area contributed by atoms with Crippen molar-refractivity contribution >= 4 is 54.2 Å². The number of sulfonamides is 1. The summed E-state index contributed by atoms with van der Waals surface area (Å²) in [6, 6.07) is 5.34. The van der Waals surface area contributed by atoms with Crippen molar-refractivity contribution in [3.63, 3.8) is 0 Å². The van der Waals surface area contributed by atoms with E-state index in [9.17, 15) is 13.2 Å². The van der Waals surface area contributed by atoms with Crippen LogP contribution in [0.1, 0.15) is 12.8 Å². The summed E-state index contributed by atoms with van der Waals surface area (Å²) in [4.78, 5) is 21.0. The van der Waals surface area contributed by atoms with Gasteiger partial charge in [-0.2, -0.15) is 4.31 Å². The maximum atomic E-state index is 12.8. The van der Waals surface area contributed by atoms with E-state index < -0.39 is 15.9 Å². The number of nitrogens with one attached hydrogen (secondary N) is 1. The molecule has 0 radical (unpaired) electrons. The summed E-state index contributed by atoms with van der Waals surface area (Å²) >= 11 is 7.33. The second-order valence-corrected chi connectivity index (χ2v) is 10.1. The van der Waals surface area contributed by atoms with Crippen molar-refractivity contribution in [2.24, 2.45) is 13.0 Å². The van der Waals surface area contributed by atoms with Gasteiger partial charge in [0.2, 0.25) is 5.91 Å². The SMILES string of the molecule is Cn1cnc(S(=O)(=O)N2CCCC(C(=O)Nc3nc4ccc(Cl)cc4s3)C2)c1. The Morgan fingerprint density at radius 1 is 1.39 bits per heavy atom. The maximum Gasteiger partial charge on any atom is 0.262 e. The second-order valence-electron chi connectivity index (χ2n) is 6.70. The van der Waals surface area contributed by atoms with Gasteiger partial charge in [0.1, 0.15) is 0 Å². The van der Waals surface area contributed by atoms with Crippen LogP contribution in [0, 0.1) is 5.92 Å². The van der Waals surface area contributed by atoms with Gasteiger partial charge in [-0.1, -0.05) is 22.9 Å². The van der Waals surface area contributed by atoms with E-state index in [1.807, 2.05) is 0 Å². The number of thiazole rings is 1. The zero-order valence-electron chi connectivity index (χ0n) is 15.0. The van der Waals surface area contributed by atoms with Crippen molar-refractivity contribution in [1.82, 2.24) is 18.8 Å². The third-order valence-corrected chi connectivity index (χ3v) is 7.54. The summed E-state index contributed by atoms with van der Waals surface area (Å²) in [5, 5.41) is 3.91. The summed E-state index contributed by atoms with van der Waals surface area (Å²) in [5.41, 5.74) is 0.757. The van der Waals surface area contributed by atoms with Crippen molar-refractivity contribution in [2.45, 2.75) is 17.9 Å². The Kier molecular flexibility index (Phi) is 5.13. The number of rotatable bonds is 4. The number of carbonyl (C=O) groups is 1. The summed E-state index contributed by atoms with van der Waals surface area (Å²) in [6.45, 7) is 0.504. The van der Waals surface area contributed by atoms with Crippen LogP contribution in [0.3, 0.4) is 0 Å². The van der Waals surface area contributed by atoms with Crippen molar-refractivity contribution in [2.75, 3.05) is 18.4 Å². The third kappa shape index (κ3) is 3.77. The maximum absolute atomic E-state index is 12.8. The molecule has 28 heavy (non-hydrogen) atoms. The van der Waals surface area contributed by atoms with Crippen LogP contribution < -0.4 is 5.32 Å². The lowest BCUT2D eigenvalue weighted by Crippen LogP contribution is -2.43. The molecule has 8 nitrogen and oxygen atoms in total. The number of benzene rings is 1. The Balaban J connectivity index is 1.48. The molecule has 1 aliphatic rings. The number of imidazole rings is 1. The zero-order valence-corrected chi connectivity index (χ0v) is 17.4. The molecular formula is C17H18ClN5O3S2. The largest absolute Gasteiger partial charge is 0.339 e. The number of aryl methyl sites for hydroxylation is 1. The number of fused-ring (bicyclic) bond motifs is 1. The number of hydrogen-bond acceptors (Lipinski definition) is 6. The highest BCUT2D eigenvalue weighted by Crippen LogP contribution is 2.29. The van der Waals surface area contributed by atoms with E-state index in [-0.39, 0.29) is 17.5 Å². The van der Waals surface area contributed by atoms with Gasteiger partial charge in [-0.05, 0) is 31.0 Å². The Hall–Kier alpha value is -2.01. The average Bonchev–Trinajstić information content (AvgIpc) is 3.27. The molecule has 1 amide bonds. The molecule has 4 rings (SSSR count). The highest BCUT2D eigenvalue weighted by Gasteiger charge is 2.34. The Labute approximate surface area is 171 Å². The van der Waals surface area contributed by atoms with Crippen molar-refractivity contribution < 1.29 is 13.2 Å². The Morgan fingerprint density at radius 3 is 2.96 bits per heavy atom. The van der Waals surface area contributed by atoms with Gasteiger partial charge in [0, 0.05) is 31.4 Å². The highest BCUT2D eigenvalue weighted by atomic mass is 35.5. The fourth-order valence-electron chi connectivity index (χ4n) is 3.19. The second kappa shape index (κ2) is 7.43. The third-order valence-electron chi connectivity index (χ3n) is 4.62. The quantitative estimate of drug-likeness (QED) is 0.674. The van der Waals surface area contributed by atoms with Crippen LogP contribution >= 0.6 is 22.9 Å². The number of aromatic nitrogens is 3. The molecule has 0 aliphatic carbocycles. The van der Waals surface area contributed by atoms with Crippen LogP contribution in [-0.4, -0.2) is 46.3 Å². The molecule has 1 N–H and O–H groups in total. The predicted molar refractivity (Wildman–Crippen MR) is 108 cm³/mol. The molecule has 0 saturated carbocycles. The Bertz CT molecular complexity index is 1140. The number of halogens is 1. The van der Waals surface area contributed by atoms with Gasteiger partial charge in [0.25, 0.3) is 10.0 Å². The van der Waals surface area contributed by atoms with Gasteiger partial charge < -0.3 is 9.88 Å². The number of piperidine rings is 1. The number of nitrogens with zero attached hydrogens (tertiary/aromatic N) is 4. The first kappa shape index (κ1) is 19.3. The zero-order chi connectivity index (χ0) is 19.9. The van der Waals surface area contributed by atoms with Crippen LogP contribution in [0.2, 0.25) is 5.02 Å². The first-order valence-corrected chi connectivity index (χ1v) is 11.3. The van der Waals surface area contributed by atoms with Gasteiger partial charge in [-0.3, -0.25) is 4.79 Å². The highest BCUT2D eigenvalue weighted by molar-refractivity contribution is 7.89. The standard InChI is InChI=1S/C17H18ClN5O3S2/c1-22-9-15(19-10-22)28(25,26)23-6-2-3-11(8-23)16(24)21-17-20-13-5-4-12(18)7-14(13)27-17/h4-5,7,9-11H,2-3,6,8H2,1H3,(H,20,21,24). The summed E-state index contributed by atoms with van der Waals surface area (Å²) in [7, 11) is -2.00. The van der Waals surface area contributed by atoms with E-state index in [2.05, 4.69) is 15.3 Å². The van der Waals surface area contributed by atoms with Gasteiger partial charge >= 0.3 is 0 Å². The molecule has 1 fully saturated rings. The van der Waals surface area contributed by atoms with E-state index in [1.165, 1.54) is 28.2 Å². The van der Waals surface area contributed by atoms with Crippen LogP contribution in [0.15, 0.2) is 35.7 Å². The number of hydrogen-bond donors (Lipinski definition) is 1. The minimum absolute atomic E-state index is 0.000824. The molecule has 1 aromatic carbocycles. The van der Waals surface area contributed by atoms with Crippen molar-refractivity contribution in [3.8, 4) is 0 Å².